The van der Waals surface area contributed by atoms with E-state index in [0.29, 0.717) is 6.42 Å². The van der Waals surface area contributed by atoms with Crippen LogP contribution >= 0.6 is 0 Å². The number of hydrogen-bond donors (Lipinski definition) is 0. The van der Waals surface area contributed by atoms with Gasteiger partial charge in [-0.1, -0.05) is 133 Å². The van der Waals surface area contributed by atoms with Gasteiger partial charge in [0, 0.05) is 12.7 Å². The molecule has 2 aliphatic rings. The Kier molecular flexibility index (Phi) is 5.55. The van der Waals surface area contributed by atoms with Crippen LogP contribution < -0.4 is 0 Å². The van der Waals surface area contributed by atoms with E-state index in [1.165, 1.54) is 0 Å². The highest BCUT2D eigenvalue weighted by atomic mass is 16.5. The van der Waals surface area contributed by atoms with E-state index in [9.17, 15) is 0 Å². The van der Waals surface area contributed by atoms with Crippen molar-refractivity contribution in [3.8, 4) is 0 Å². The van der Waals surface area contributed by atoms with Gasteiger partial charge in [-0.2, -0.15) is 0 Å². The number of benzene rings is 4. The maximum Gasteiger partial charge on any atom is 0.175 e. The van der Waals surface area contributed by atoms with Crippen LogP contribution in [-0.2, 0) is 20.4 Å². The summed E-state index contributed by atoms with van der Waals surface area (Å²) < 4.78 is 6.32. The minimum absolute atomic E-state index is 0.147. The summed E-state index contributed by atoms with van der Waals surface area (Å²) in [6, 6.07) is 41.3. The number of carbonyl (C=O) groups is 1. The van der Waals surface area contributed by atoms with Gasteiger partial charge in [0.25, 0.3) is 0 Å². The van der Waals surface area contributed by atoms with Crippen molar-refractivity contribution in [2.24, 2.45) is 0 Å². The zero-order chi connectivity index (χ0) is 24.6. The minimum atomic E-state index is -0.860. The summed E-state index contributed by atoms with van der Waals surface area (Å²) in [5, 5.41) is 0. The molecular formula is C34H28O2. The fraction of sp³-hybridized carbons (Fsp3) is 0.147. The molecule has 0 saturated heterocycles. The normalized spacial score (nSPS) is 25.1. The molecule has 0 radical (unpaired) electrons. The number of Topliss-reactive ketones (excluding diaryl/α,β-unsaturated/α-hetero) is 1. The minimum Gasteiger partial charge on any atom is -0.376 e. The summed E-state index contributed by atoms with van der Waals surface area (Å²) >= 11 is 0. The Balaban J connectivity index is 1.84. The van der Waals surface area contributed by atoms with Crippen molar-refractivity contribution >= 4 is 16.9 Å². The van der Waals surface area contributed by atoms with Gasteiger partial charge in [0.1, 0.15) is 0 Å². The maximum atomic E-state index is 15.1. The van der Waals surface area contributed by atoms with E-state index in [-0.39, 0.29) is 11.9 Å². The Morgan fingerprint density at radius 3 is 1.72 bits per heavy atom. The predicted octanol–water partition coefficient (Wildman–Crippen LogP) is 7.03. The molecule has 0 N–H and O–H groups in total. The van der Waals surface area contributed by atoms with Crippen LogP contribution in [0.1, 0.15) is 28.7 Å². The van der Waals surface area contributed by atoms with Crippen molar-refractivity contribution in [2.75, 3.05) is 7.11 Å². The Morgan fingerprint density at radius 1 is 0.667 bits per heavy atom. The van der Waals surface area contributed by atoms with E-state index in [0.717, 1.165) is 33.4 Å². The topological polar surface area (TPSA) is 26.3 Å². The third-order valence-electron chi connectivity index (χ3n) is 7.97. The molecule has 3 atom stereocenters. The lowest BCUT2D eigenvalue weighted by Gasteiger charge is -2.52. The molecule has 36 heavy (non-hydrogen) atoms. The lowest BCUT2D eigenvalue weighted by atomic mass is 9.50. The molecule has 2 nitrogen and oxygen atoms in total. The predicted molar refractivity (Wildman–Crippen MR) is 145 cm³/mol. The molecule has 6 rings (SSSR count). The molecular weight excluding hydrogens is 440 g/mol. The van der Waals surface area contributed by atoms with Crippen LogP contribution in [0.4, 0.5) is 0 Å². The van der Waals surface area contributed by atoms with E-state index in [1.54, 1.807) is 7.11 Å². The first-order valence-electron chi connectivity index (χ1n) is 12.5. The lowest BCUT2D eigenvalue weighted by Crippen LogP contribution is -2.59. The highest BCUT2D eigenvalue weighted by Crippen LogP contribution is 2.66. The standard InChI is InChI=1S/C34H28O2/c1-36-29-23-14-24-33(27-19-10-4-11-20-27)32(35)30(25-15-6-2-7-16-25)31(26-17-8-3-9-18-26)34(29,33)28-21-12-5-13-22-28/h2-23,29H,24H2,1H3/t29-,33+,34-/m1/s1. The van der Waals surface area contributed by atoms with Gasteiger partial charge in [-0.15, -0.1) is 0 Å². The second kappa shape index (κ2) is 8.89. The molecule has 2 heteroatoms. The molecule has 0 unspecified atom stereocenters. The highest BCUT2D eigenvalue weighted by Gasteiger charge is 2.69. The van der Waals surface area contributed by atoms with Crippen LogP contribution in [0.25, 0.3) is 11.1 Å². The fourth-order valence-corrected chi connectivity index (χ4v) is 6.64. The molecule has 0 heterocycles. The number of ether oxygens (including phenoxy) is 1. The van der Waals surface area contributed by atoms with Crippen molar-refractivity contribution in [3.05, 3.63) is 156 Å². The number of rotatable bonds is 5. The maximum absolute atomic E-state index is 15.1. The molecule has 0 aliphatic heterocycles. The van der Waals surface area contributed by atoms with Crippen molar-refractivity contribution in [2.45, 2.75) is 23.4 Å². The van der Waals surface area contributed by atoms with Gasteiger partial charge >= 0.3 is 0 Å². The Morgan fingerprint density at radius 2 is 1.17 bits per heavy atom. The van der Waals surface area contributed by atoms with Gasteiger partial charge in [0.05, 0.1) is 16.9 Å². The second-order valence-electron chi connectivity index (χ2n) is 9.55. The number of methoxy groups -OCH3 is 1. The van der Waals surface area contributed by atoms with Crippen molar-refractivity contribution in [3.63, 3.8) is 0 Å². The Labute approximate surface area is 212 Å². The smallest absolute Gasteiger partial charge is 0.175 e. The zero-order valence-corrected chi connectivity index (χ0v) is 20.3. The van der Waals surface area contributed by atoms with Crippen LogP contribution in [0.5, 0.6) is 0 Å². The summed E-state index contributed by atoms with van der Waals surface area (Å²) in [6.07, 6.45) is 4.54. The zero-order valence-electron chi connectivity index (χ0n) is 20.3. The SMILES string of the molecule is CO[C@@H]1C=CC[C@]2(c3ccccc3)C(=O)C(c3ccccc3)=C(c3ccccc3)[C@@]12c1ccccc1. The van der Waals surface area contributed by atoms with Crippen LogP contribution in [0.2, 0.25) is 0 Å². The summed E-state index contributed by atoms with van der Waals surface area (Å²) in [4.78, 5) is 15.1. The molecule has 0 saturated carbocycles. The third-order valence-corrected chi connectivity index (χ3v) is 7.97. The van der Waals surface area contributed by atoms with E-state index < -0.39 is 10.8 Å². The average molecular weight is 469 g/mol. The third kappa shape index (κ3) is 2.98. The highest BCUT2D eigenvalue weighted by molar-refractivity contribution is 6.38. The summed E-state index contributed by atoms with van der Waals surface area (Å²) in [7, 11) is 1.76. The summed E-state index contributed by atoms with van der Waals surface area (Å²) in [5.74, 6) is 0.147. The van der Waals surface area contributed by atoms with Gasteiger partial charge < -0.3 is 4.74 Å². The molecule has 0 bridgehead atoms. The van der Waals surface area contributed by atoms with Crippen LogP contribution in [0.15, 0.2) is 133 Å². The molecule has 0 fully saturated rings. The van der Waals surface area contributed by atoms with E-state index >= 15 is 4.79 Å². The molecule has 2 aliphatic carbocycles. The number of fused-ring (bicyclic) bond motifs is 1. The van der Waals surface area contributed by atoms with Crippen LogP contribution in [-0.4, -0.2) is 19.0 Å². The summed E-state index contributed by atoms with van der Waals surface area (Å²) in [6.45, 7) is 0. The molecule has 176 valence electrons. The number of ketones is 1. The lowest BCUT2D eigenvalue weighted by molar-refractivity contribution is -0.121. The largest absolute Gasteiger partial charge is 0.376 e. The van der Waals surface area contributed by atoms with Gasteiger partial charge in [-0.25, -0.2) is 0 Å². The first-order valence-corrected chi connectivity index (χ1v) is 12.5. The summed E-state index contributed by atoms with van der Waals surface area (Å²) in [5.41, 5.74) is 4.28. The van der Waals surface area contributed by atoms with E-state index in [1.807, 2.05) is 48.5 Å². The Bertz CT molecular complexity index is 1440. The van der Waals surface area contributed by atoms with Gasteiger partial charge in [0.2, 0.25) is 0 Å². The first-order chi connectivity index (χ1) is 17.7. The van der Waals surface area contributed by atoms with Crippen molar-refractivity contribution in [1.29, 1.82) is 0 Å². The molecule has 0 amide bonds. The number of hydrogen-bond acceptors (Lipinski definition) is 2. The van der Waals surface area contributed by atoms with Crippen LogP contribution in [0, 0.1) is 0 Å². The quantitative estimate of drug-likeness (QED) is 0.294. The molecule has 0 spiro atoms. The second-order valence-corrected chi connectivity index (χ2v) is 9.55. The average Bonchev–Trinajstić information content (AvgIpc) is 3.21. The number of carbonyl (C=O) groups excluding carboxylic acids is 1. The van der Waals surface area contributed by atoms with Gasteiger partial charge in [0.15, 0.2) is 5.78 Å². The van der Waals surface area contributed by atoms with E-state index in [2.05, 4.69) is 84.9 Å². The Hall–Kier alpha value is -4.01. The van der Waals surface area contributed by atoms with Crippen molar-refractivity contribution in [1.82, 2.24) is 0 Å². The number of allylic oxidation sites excluding steroid dienone is 2. The van der Waals surface area contributed by atoms with Crippen molar-refractivity contribution < 1.29 is 9.53 Å². The molecule has 0 aromatic heterocycles. The monoisotopic (exact) mass is 468 g/mol. The first kappa shape index (κ1) is 22.5. The molecule has 4 aromatic rings. The van der Waals surface area contributed by atoms with Gasteiger partial charge in [-0.3, -0.25) is 4.79 Å². The van der Waals surface area contributed by atoms with E-state index in [4.69, 9.17) is 4.74 Å². The fourth-order valence-electron chi connectivity index (χ4n) is 6.64. The van der Waals surface area contributed by atoms with Gasteiger partial charge in [-0.05, 0) is 34.2 Å². The van der Waals surface area contributed by atoms with Crippen LogP contribution in [0.3, 0.4) is 0 Å². The molecule has 4 aromatic carbocycles.